The van der Waals surface area contributed by atoms with Crippen LogP contribution in [0.4, 0.5) is 11.4 Å². The number of allylic oxidation sites excluding steroid dienone is 1. The summed E-state index contributed by atoms with van der Waals surface area (Å²) in [5, 5.41) is 3.02. The maximum atomic E-state index is 11.1. The molecule has 1 aromatic heterocycles. The highest BCUT2D eigenvalue weighted by Gasteiger charge is 2.25. The van der Waals surface area contributed by atoms with Crippen LogP contribution in [-0.2, 0) is 9.53 Å². The summed E-state index contributed by atoms with van der Waals surface area (Å²) in [6.45, 7) is 1.98. The molecule has 33 heavy (non-hydrogen) atoms. The summed E-state index contributed by atoms with van der Waals surface area (Å²) >= 11 is 5.46. The van der Waals surface area contributed by atoms with Crippen LogP contribution < -0.4 is 4.90 Å². The zero-order valence-electron chi connectivity index (χ0n) is 18.2. The predicted molar refractivity (Wildman–Crippen MR) is 133 cm³/mol. The minimum Gasteiger partial charge on any atom is -0.372 e. The van der Waals surface area contributed by atoms with Crippen molar-refractivity contribution in [2.45, 2.75) is 6.10 Å². The Hall–Kier alpha value is -3.41. The molecular weight excluding hydrogens is 434 g/mol. The van der Waals surface area contributed by atoms with E-state index >= 15 is 0 Å². The summed E-state index contributed by atoms with van der Waals surface area (Å²) in [4.78, 5) is 20.5. The highest BCUT2D eigenvalue weighted by molar-refractivity contribution is 6.66. The molecule has 3 aromatic carbocycles. The van der Waals surface area contributed by atoms with E-state index in [-0.39, 0.29) is 6.10 Å². The lowest BCUT2D eigenvalue weighted by atomic mass is 9.93. The van der Waals surface area contributed by atoms with Crippen LogP contribution in [0.25, 0.3) is 32.9 Å². The Morgan fingerprint density at radius 2 is 1.94 bits per heavy atom. The Morgan fingerprint density at radius 3 is 2.82 bits per heavy atom. The molecule has 1 saturated heterocycles. The number of nitrogens with zero attached hydrogens (tertiary/aromatic N) is 3. The van der Waals surface area contributed by atoms with E-state index in [4.69, 9.17) is 21.3 Å². The number of hydrogen-bond acceptors (Lipinski definition) is 5. The molecular formula is C27H22ClN3O2. The van der Waals surface area contributed by atoms with Gasteiger partial charge in [0.25, 0.3) is 0 Å². The highest BCUT2D eigenvalue weighted by atomic mass is 35.5. The van der Waals surface area contributed by atoms with Gasteiger partial charge in [-0.2, -0.15) is 0 Å². The average molecular weight is 456 g/mol. The third kappa shape index (κ3) is 3.36. The highest BCUT2D eigenvalue weighted by Crippen LogP contribution is 2.47. The molecule has 2 aliphatic heterocycles. The summed E-state index contributed by atoms with van der Waals surface area (Å²) in [6.07, 6.45) is 3.05. The number of ether oxygens (including phenoxy) is 1. The molecule has 1 unspecified atom stereocenters. The first-order valence-corrected chi connectivity index (χ1v) is 11.4. The first-order chi connectivity index (χ1) is 16.1. The Balaban J connectivity index is 1.49. The second-order valence-corrected chi connectivity index (χ2v) is 8.86. The van der Waals surface area contributed by atoms with Gasteiger partial charge in [0.2, 0.25) is 5.24 Å². The van der Waals surface area contributed by atoms with E-state index in [0.29, 0.717) is 13.2 Å². The number of aromatic nitrogens is 1. The van der Waals surface area contributed by atoms with Gasteiger partial charge in [-0.25, -0.2) is 4.98 Å². The van der Waals surface area contributed by atoms with Gasteiger partial charge in [-0.1, -0.05) is 36.4 Å². The molecule has 0 aliphatic carbocycles. The fraction of sp³-hybridized carbons (Fsp3) is 0.185. The number of fused-ring (bicyclic) bond motifs is 4. The van der Waals surface area contributed by atoms with E-state index in [0.717, 1.165) is 40.0 Å². The molecule has 3 heterocycles. The Kier molecular flexibility index (Phi) is 4.82. The minimum absolute atomic E-state index is 0.0903. The van der Waals surface area contributed by atoms with Crippen LogP contribution in [0.5, 0.6) is 0 Å². The largest absolute Gasteiger partial charge is 0.372 e. The molecule has 6 heteroatoms. The number of pyridine rings is 1. The number of benzene rings is 3. The van der Waals surface area contributed by atoms with E-state index in [9.17, 15) is 4.79 Å². The van der Waals surface area contributed by atoms with Crippen molar-refractivity contribution in [3.05, 3.63) is 78.5 Å². The van der Waals surface area contributed by atoms with Crippen molar-refractivity contribution in [3.63, 3.8) is 0 Å². The number of halogens is 1. The molecule has 0 spiro atoms. The first-order valence-electron chi connectivity index (χ1n) is 11.0. The molecule has 0 bridgehead atoms. The molecule has 0 N–H and O–H groups in total. The van der Waals surface area contributed by atoms with Crippen LogP contribution >= 0.6 is 11.6 Å². The smallest absolute Gasteiger partial charge is 0.246 e. The van der Waals surface area contributed by atoms with Gasteiger partial charge < -0.3 is 14.5 Å². The molecule has 0 saturated carbocycles. The summed E-state index contributed by atoms with van der Waals surface area (Å²) in [7, 11) is 2.11. The van der Waals surface area contributed by atoms with Gasteiger partial charge in [-0.15, -0.1) is 0 Å². The zero-order valence-corrected chi connectivity index (χ0v) is 18.9. The minimum atomic E-state index is -0.471. The van der Waals surface area contributed by atoms with Crippen molar-refractivity contribution in [2.24, 2.45) is 0 Å². The molecule has 0 amide bonds. The van der Waals surface area contributed by atoms with Crippen LogP contribution in [0.15, 0.2) is 72.9 Å². The summed E-state index contributed by atoms with van der Waals surface area (Å²) in [5.41, 5.74) is 6.59. The number of rotatable bonds is 3. The number of para-hydroxylation sites is 1. The number of anilines is 2. The molecule has 2 aliphatic rings. The van der Waals surface area contributed by atoms with E-state index < -0.39 is 5.24 Å². The van der Waals surface area contributed by atoms with E-state index in [1.807, 2.05) is 0 Å². The summed E-state index contributed by atoms with van der Waals surface area (Å²) < 4.78 is 6.08. The van der Waals surface area contributed by atoms with Crippen LogP contribution in [0.1, 0.15) is 11.7 Å². The van der Waals surface area contributed by atoms with Crippen molar-refractivity contribution in [3.8, 4) is 11.3 Å². The second-order valence-electron chi connectivity index (χ2n) is 8.49. The van der Waals surface area contributed by atoms with Gasteiger partial charge >= 0.3 is 0 Å². The maximum absolute atomic E-state index is 11.1. The first kappa shape index (κ1) is 20.2. The molecule has 1 fully saturated rings. The number of morpholine rings is 1. The van der Waals surface area contributed by atoms with Crippen molar-refractivity contribution in [1.82, 2.24) is 9.88 Å². The molecule has 5 nitrogen and oxygen atoms in total. The van der Waals surface area contributed by atoms with Crippen LogP contribution in [0.3, 0.4) is 0 Å². The van der Waals surface area contributed by atoms with E-state index in [1.54, 1.807) is 6.20 Å². The van der Waals surface area contributed by atoms with E-state index in [1.165, 1.54) is 22.5 Å². The quantitative estimate of drug-likeness (QED) is 0.222. The van der Waals surface area contributed by atoms with Crippen LogP contribution in [0.2, 0.25) is 0 Å². The van der Waals surface area contributed by atoms with E-state index in [2.05, 4.69) is 77.5 Å². The van der Waals surface area contributed by atoms with Gasteiger partial charge in [0.15, 0.2) is 0 Å². The topological polar surface area (TPSA) is 45.7 Å². The van der Waals surface area contributed by atoms with Crippen molar-refractivity contribution in [1.29, 1.82) is 0 Å². The fourth-order valence-electron chi connectivity index (χ4n) is 5.00. The Labute approximate surface area is 196 Å². The van der Waals surface area contributed by atoms with Gasteiger partial charge in [0, 0.05) is 48.7 Å². The average Bonchev–Trinajstić information content (AvgIpc) is 2.85. The van der Waals surface area contributed by atoms with Crippen molar-refractivity contribution in [2.75, 3.05) is 31.6 Å². The SMILES string of the molecule is CN1c2ccccc2-c2nc3ccc(C4CN(C=CC(=O)Cl)CCO4)cc3c3cccc1c23. The van der Waals surface area contributed by atoms with Crippen molar-refractivity contribution < 1.29 is 9.53 Å². The molecule has 1 atom stereocenters. The summed E-state index contributed by atoms with van der Waals surface area (Å²) in [6, 6.07) is 21.3. The predicted octanol–water partition coefficient (Wildman–Crippen LogP) is 5.79. The Bertz CT molecular complexity index is 1450. The lowest BCUT2D eigenvalue weighted by Crippen LogP contribution is -2.34. The van der Waals surface area contributed by atoms with Gasteiger partial charge in [0.1, 0.15) is 6.10 Å². The number of carbonyl (C=O) groups is 1. The van der Waals surface area contributed by atoms with Crippen LogP contribution in [-0.4, -0.2) is 41.9 Å². The van der Waals surface area contributed by atoms with Gasteiger partial charge in [0.05, 0.1) is 29.2 Å². The lowest BCUT2D eigenvalue weighted by molar-refractivity contribution is -0.107. The number of carbonyl (C=O) groups excluding carboxylic acids is 1. The molecule has 6 rings (SSSR count). The zero-order chi connectivity index (χ0) is 22.5. The third-order valence-corrected chi connectivity index (χ3v) is 6.72. The standard InChI is InChI=1S/C27H22ClN3O2/c1-30-22-7-3-2-5-19(22)27-26-18(6-4-8-23(26)30)20-15-17(9-10-21(20)29-27)24-16-31(13-14-33-24)12-11-25(28)32/h2-12,15,24H,13-14,16H2,1H3. The van der Waals surface area contributed by atoms with Gasteiger partial charge in [-0.05, 0) is 46.8 Å². The lowest BCUT2D eigenvalue weighted by Gasteiger charge is -2.32. The fourth-order valence-corrected chi connectivity index (χ4v) is 5.05. The maximum Gasteiger partial charge on any atom is 0.246 e. The van der Waals surface area contributed by atoms with Crippen LogP contribution in [0, 0.1) is 0 Å². The van der Waals surface area contributed by atoms with Crippen molar-refractivity contribution >= 4 is 49.9 Å². The molecule has 4 aromatic rings. The monoisotopic (exact) mass is 455 g/mol. The molecule has 0 radical (unpaired) electrons. The third-order valence-electron chi connectivity index (χ3n) is 6.59. The van der Waals surface area contributed by atoms with Gasteiger partial charge in [-0.3, -0.25) is 4.79 Å². The molecule has 164 valence electrons. The number of hydrogen-bond donors (Lipinski definition) is 0. The Morgan fingerprint density at radius 1 is 1.09 bits per heavy atom. The normalized spacial score (nSPS) is 17.7. The summed E-state index contributed by atoms with van der Waals surface area (Å²) in [5.74, 6) is 0. The second kappa shape index (κ2) is 7.87.